The van der Waals surface area contributed by atoms with Crippen molar-refractivity contribution in [2.24, 2.45) is 0 Å². The fourth-order valence-electron chi connectivity index (χ4n) is 3.40. The molecule has 3 aromatic heterocycles. The summed E-state index contributed by atoms with van der Waals surface area (Å²) in [6.07, 6.45) is -4.64. The lowest BCUT2D eigenvalue weighted by Crippen LogP contribution is -2.25. The van der Waals surface area contributed by atoms with Crippen LogP contribution >= 0.6 is 0 Å². The van der Waals surface area contributed by atoms with Crippen molar-refractivity contribution in [3.63, 3.8) is 0 Å². The highest BCUT2D eigenvalue weighted by Gasteiger charge is 2.39. The maximum Gasteiger partial charge on any atom is 0.418 e. The molecule has 7 nitrogen and oxygen atoms in total. The predicted molar refractivity (Wildman–Crippen MR) is 106 cm³/mol. The predicted octanol–water partition coefficient (Wildman–Crippen LogP) is 4.84. The first-order valence-electron chi connectivity index (χ1n) is 9.45. The smallest absolute Gasteiger partial charge is 0.364 e. The molecule has 33 heavy (non-hydrogen) atoms. The second-order valence-corrected chi connectivity index (χ2v) is 7.11. The number of anilines is 1. The molecule has 0 spiro atoms. The fourth-order valence-corrected chi connectivity index (χ4v) is 3.40. The van der Waals surface area contributed by atoms with Crippen molar-refractivity contribution in [3.05, 3.63) is 66.1 Å². The Labute approximate surface area is 182 Å². The van der Waals surface area contributed by atoms with Crippen molar-refractivity contribution >= 4 is 16.6 Å². The number of hydrogen-bond donors (Lipinski definition) is 0. The SMILES string of the molecule is CC(c1ncnn1-c1ncccn1)N(C)c1ccnc2c(C(F)(F)F)cc(C(F)(F)F)cc12. The molecule has 4 aromatic rings. The minimum atomic E-state index is -5.03. The van der Waals surface area contributed by atoms with E-state index in [-0.39, 0.29) is 23.1 Å². The summed E-state index contributed by atoms with van der Waals surface area (Å²) in [6, 6.07) is 3.06. The van der Waals surface area contributed by atoms with Crippen molar-refractivity contribution in [2.45, 2.75) is 25.3 Å². The van der Waals surface area contributed by atoms with Gasteiger partial charge in [-0.1, -0.05) is 0 Å². The Morgan fingerprint density at radius 1 is 0.909 bits per heavy atom. The Morgan fingerprint density at radius 2 is 1.61 bits per heavy atom. The zero-order valence-electron chi connectivity index (χ0n) is 17.1. The van der Waals surface area contributed by atoms with Crippen LogP contribution in [-0.4, -0.2) is 36.8 Å². The van der Waals surface area contributed by atoms with E-state index in [0.717, 1.165) is 6.20 Å². The molecule has 0 fully saturated rings. The van der Waals surface area contributed by atoms with Crippen LogP contribution in [-0.2, 0) is 12.4 Å². The summed E-state index contributed by atoms with van der Waals surface area (Å²) >= 11 is 0. The molecule has 13 heteroatoms. The van der Waals surface area contributed by atoms with Crippen molar-refractivity contribution in [3.8, 4) is 5.95 Å². The van der Waals surface area contributed by atoms with E-state index < -0.39 is 35.0 Å². The Morgan fingerprint density at radius 3 is 2.24 bits per heavy atom. The highest BCUT2D eigenvalue weighted by molar-refractivity contribution is 5.94. The number of pyridine rings is 1. The van der Waals surface area contributed by atoms with Gasteiger partial charge in [-0.25, -0.2) is 15.0 Å². The third-order valence-electron chi connectivity index (χ3n) is 5.10. The molecule has 0 amide bonds. The van der Waals surface area contributed by atoms with Gasteiger partial charge in [0.1, 0.15) is 6.33 Å². The van der Waals surface area contributed by atoms with Gasteiger partial charge in [0, 0.05) is 36.7 Å². The van der Waals surface area contributed by atoms with E-state index in [9.17, 15) is 26.3 Å². The summed E-state index contributed by atoms with van der Waals surface area (Å²) in [5.74, 6) is 0.542. The highest BCUT2D eigenvalue weighted by atomic mass is 19.4. The number of hydrogen-bond acceptors (Lipinski definition) is 6. The molecule has 0 radical (unpaired) electrons. The molecule has 0 aliphatic carbocycles. The standard InChI is InChI=1S/C20H15F6N7/c1-11(17-30-10-31-33(17)18-28-5-3-6-29-18)32(2)15-4-7-27-16-13(15)8-12(19(21,22)23)9-14(16)20(24,25)26/h3-11H,1-2H3. The van der Waals surface area contributed by atoms with Crippen LogP contribution in [0.15, 0.2) is 49.2 Å². The van der Waals surface area contributed by atoms with Crippen molar-refractivity contribution in [2.75, 3.05) is 11.9 Å². The van der Waals surface area contributed by atoms with E-state index in [1.807, 2.05) is 0 Å². The first-order valence-corrected chi connectivity index (χ1v) is 9.45. The molecule has 0 saturated heterocycles. The van der Waals surface area contributed by atoms with Crippen LogP contribution in [0.5, 0.6) is 0 Å². The number of alkyl halides is 6. The Hall–Kier alpha value is -3.77. The summed E-state index contributed by atoms with van der Waals surface area (Å²) in [7, 11) is 1.53. The molecule has 0 aliphatic rings. The van der Waals surface area contributed by atoms with Crippen LogP contribution in [0.4, 0.5) is 32.0 Å². The van der Waals surface area contributed by atoms with Gasteiger partial charge in [0.05, 0.1) is 22.7 Å². The second kappa shape index (κ2) is 7.98. The number of halogens is 6. The average Bonchev–Trinajstić information content (AvgIpc) is 3.26. The van der Waals surface area contributed by atoms with E-state index in [0.29, 0.717) is 11.9 Å². The van der Waals surface area contributed by atoms with Gasteiger partial charge in [0.2, 0.25) is 0 Å². The summed E-state index contributed by atoms with van der Waals surface area (Å²) in [5, 5.41) is 3.79. The van der Waals surface area contributed by atoms with E-state index in [1.54, 1.807) is 13.0 Å². The lowest BCUT2D eigenvalue weighted by molar-refractivity contribution is -0.142. The molecular formula is C20H15F6N7. The first kappa shape index (κ1) is 22.4. The van der Waals surface area contributed by atoms with Crippen LogP contribution in [0.25, 0.3) is 16.9 Å². The zero-order chi connectivity index (χ0) is 24.0. The van der Waals surface area contributed by atoms with E-state index in [2.05, 4.69) is 25.0 Å². The molecule has 4 rings (SSSR count). The van der Waals surface area contributed by atoms with Crippen molar-refractivity contribution in [1.29, 1.82) is 0 Å². The first-order chi connectivity index (χ1) is 15.5. The normalized spacial score (nSPS) is 13.3. The lowest BCUT2D eigenvalue weighted by Gasteiger charge is -2.28. The largest absolute Gasteiger partial charge is 0.418 e. The summed E-state index contributed by atoms with van der Waals surface area (Å²) in [5.41, 5.74) is -3.36. The van der Waals surface area contributed by atoms with Crippen molar-refractivity contribution in [1.82, 2.24) is 29.7 Å². The molecule has 1 unspecified atom stereocenters. The minimum Gasteiger partial charge on any atom is -0.364 e. The van der Waals surface area contributed by atoms with Gasteiger partial charge in [0.25, 0.3) is 5.95 Å². The molecule has 3 heterocycles. The van der Waals surface area contributed by atoms with Gasteiger partial charge < -0.3 is 4.90 Å². The summed E-state index contributed by atoms with van der Waals surface area (Å²) < 4.78 is 82.3. The topological polar surface area (TPSA) is 72.6 Å². The van der Waals surface area contributed by atoms with Crippen molar-refractivity contribution < 1.29 is 26.3 Å². The van der Waals surface area contributed by atoms with Crippen LogP contribution in [0.3, 0.4) is 0 Å². The highest BCUT2D eigenvalue weighted by Crippen LogP contribution is 2.42. The van der Waals surface area contributed by atoms with Gasteiger partial charge >= 0.3 is 12.4 Å². The van der Waals surface area contributed by atoms with Gasteiger partial charge in [-0.15, -0.1) is 0 Å². The average molecular weight is 467 g/mol. The molecular weight excluding hydrogens is 452 g/mol. The Bertz CT molecular complexity index is 1280. The maximum atomic E-state index is 13.6. The lowest BCUT2D eigenvalue weighted by atomic mass is 10.0. The molecule has 0 saturated carbocycles. The van der Waals surface area contributed by atoms with Gasteiger partial charge in [-0.2, -0.15) is 36.1 Å². The van der Waals surface area contributed by atoms with E-state index >= 15 is 0 Å². The van der Waals surface area contributed by atoms with Gasteiger partial charge in [-0.05, 0) is 31.2 Å². The molecule has 1 aromatic carbocycles. The monoisotopic (exact) mass is 467 g/mol. The maximum absolute atomic E-state index is 13.6. The van der Waals surface area contributed by atoms with Crippen LogP contribution in [0, 0.1) is 0 Å². The van der Waals surface area contributed by atoms with Gasteiger partial charge in [0.15, 0.2) is 5.82 Å². The molecule has 1 atom stereocenters. The molecule has 0 bridgehead atoms. The summed E-state index contributed by atoms with van der Waals surface area (Å²) in [6.45, 7) is 1.67. The van der Waals surface area contributed by atoms with Crippen LogP contribution in [0.2, 0.25) is 0 Å². The number of benzene rings is 1. The molecule has 0 aliphatic heterocycles. The number of nitrogens with zero attached hydrogens (tertiary/aromatic N) is 7. The van der Waals surface area contributed by atoms with Crippen LogP contribution in [0.1, 0.15) is 29.9 Å². The van der Waals surface area contributed by atoms with E-state index in [4.69, 9.17) is 0 Å². The zero-order valence-corrected chi connectivity index (χ0v) is 17.1. The number of aromatic nitrogens is 6. The quantitative estimate of drug-likeness (QED) is 0.400. The summed E-state index contributed by atoms with van der Waals surface area (Å²) in [4.78, 5) is 17.6. The fraction of sp³-hybridized carbons (Fsp3) is 0.250. The minimum absolute atomic E-state index is 0.0753. The second-order valence-electron chi connectivity index (χ2n) is 7.11. The third-order valence-corrected chi connectivity index (χ3v) is 5.10. The van der Waals surface area contributed by atoms with Crippen LogP contribution < -0.4 is 4.90 Å². The number of fused-ring (bicyclic) bond motifs is 1. The third kappa shape index (κ3) is 4.17. The molecule has 0 N–H and O–H groups in total. The van der Waals surface area contributed by atoms with E-state index in [1.165, 1.54) is 41.4 Å². The van der Waals surface area contributed by atoms with Gasteiger partial charge in [-0.3, -0.25) is 4.98 Å². The Balaban J connectivity index is 1.86. The number of rotatable bonds is 4. The molecule has 172 valence electrons. The Kier molecular flexibility index (Phi) is 5.42.